The second-order valence-corrected chi connectivity index (χ2v) is 5.03. The summed E-state index contributed by atoms with van der Waals surface area (Å²) in [5.74, 6) is 0.370. The van der Waals surface area contributed by atoms with Crippen LogP contribution in [0.3, 0.4) is 0 Å². The quantitative estimate of drug-likeness (QED) is 0.359. The molecular formula is C12H24O2S2. The number of hydrogen-bond donors (Lipinski definition) is 2. The molecule has 0 amide bonds. The first-order valence-electron chi connectivity index (χ1n) is 6.18. The van der Waals surface area contributed by atoms with Gasteiger partial charge in [0.1, 0.15) is 6.61 Å². The predicted molar refractivity (Wildman–Crippen MR) is 75.6 cm³/mol. The van der Waals surface area contributed by atoms with Gasteiger partial charge in [0.2, 0.25) is 0 Å². The van der Waals surface area contributed by atoms with Gasteiger partial charge in [-0.15, -0.1) is 0 Å². The second kappa shape index (κ2) is 11.6. The standard InChI is InChI=1S/C12H24O2S2/c1-2-3-4-5-6-7-8-11(16)12(13)14-9-10-15/h11,15-16H,2-10H2,1H3. The van der Waals surface area contributed by atoms with Gasteiger partial charge in [0.05, 0.1) is 5.25 Å². The monoisotopic (exact) mass is 264 g/mol. The molecule has 2 nitrogen and oxygen atoms in total. The maximum Gasteiger partial charge on any atom is 0.318 e. The highest BCUT2D eigenvalue weighted by Gasteiger charge is 2.14. The Morgan fingerprint density at radius 3 is 2.44 bits per heavy atom. The van der Waals surface area contributed by atoms with Gasteiger partial charge in [-0.2, -0.15) is 25.3 Å². The van der Waals surface area contributed by atoms with Crippen LogP contribution < -0.4 is 0 Å². The van der Waals surface area contributed by atoms with Crippen molar-refractivity contribution in [3.05, 3.63) is 0 Å². The summed E-state index contributed by atoms with van der Waals surface area (Å²) in [7, 11) is 0. The number of ether oxygens (including phenoxy) is 1. The van der Waals surface area contributed by atoms with Gasteiger partial charge in [0.25, 0.3) is 0 Å². The van der Waals surface area contributed by atoms with Gasteiger partial charge < -0.3 is 4.74 Å². The molecule has 0 aliphatic heterocycles. The van der Waals surface area contributed by atoms with E-state index in [-0.39, 0.29) is 11.2 Å². The van der Waals surface area contributed by atoms with Gasteiger partial charge in [-0.1, -0.05) is 45.4 Å². The predicted octanol–water partition coefficient (Wildman–Crippen LogP) is 3.51. The first kappa shape index (κ1) is 16.2. The molecule has 0 saturated heterocycles. The molecule has 0 radical (unpaired) electrons. The minimum Gasteiger partial charge on any atom is -0.464 e. The molecular weight excluding hydrogens is 240 g/mol. The van der Waals surface area contributed by atoms with E-state index in [9.17, 15) is 4.79 Å². The third kappa shape index (κ3) is 9.40. The van der Waals surface area contributed by atoms with Crippen molar-refractivity contribution >= 4 is 31.2 Å². The van der Waals surface area contributed by atoms with Crippen molar-refractivity contribution in [2.75, 3.05) is 12.4 Å². The summed E-state index contributed by atoms with van der Waals surface area (Å²) in [6.07, 6.45) is 8.23. The van der Waals surface area contributed by atoms with Crippen LogP contribution in [0.2, 0.25) is 0 Å². The molecule has 0 bridgehead atoms. The Kier molecular flexibility index (Phi) is 11.8. The van der Waals surface area contributed by atoms with E-state index in [0.717, 1.165) is 12.8 Å². The average molecular weight is 264 g/mol. The molecule has 0 aliphatic rings. The molecule has 0 N–H and O–H groups in total. The van der Waals surface area contributed by atoms with Gasteiger partial charge in [-0.25, -0.2) is 0 Å². The minimum atomic E-state index is -0.258. The van der Waals surface area contributed by atoms with Crippen molar-refractivity contribution in [1.29, 1.82) is 0 Å². The van der Waals surface area contributed by atoms with Gasteiger partial charge in [-0.3, -0.25) is 4.79 Å². The lowest BCUT2D eigenvalue weighted by Gasteiger charge is -2.09. The second-order valence-electron chi connectivity index (χ2n) is 3.96. The summed E-state index contributed by atoms with van der Waals surface area (Å²) in [4.78, 5) is 11.3. The van der Waals surface area contributed by atoms with E-state index in [1.54, 1.807) is 0 Å². The smallest absolute Gasteiger partial charge is 0.318 e. The van der Waals surface area contributed by atoms with Crippen molar-refractivity contribution < 1.29 is 9.53 Å². The van der Waals surface area contributed by atoms with E-state index in [2.05, 4.69) is 32.2 Å². The SMILES string of the molecule is CCCCCCCCC(S)C(=O)OCCS. The topological polar surface area (TPSA) is 26.3 Å². The first-order valence-corrected chi connectivity index (χ1v) is 7.32. The molecule has 0 saturated carbocycles. The molecule has 16 heavy (non-hydrogen) atoms. The Morgan fingerprint density at radius 1 is 1.19 bits per heavy atom. The summed E-state index contributed by atoms with van der Waals surface area (Å²) in [6.45, 7) is 2.59. The maximum absolute atomic E-state index is 11.3. The molecule has 0 aromatic carbocycles. The summed E-state index contributed by atoms with van der Waals surface area (Å²) < 4.78 is 4.96. The van der Waals surface area contributed by atoms with Gasteiger partial charge in [0.15, 0.2) is 0 Å². The van der Waals surface area contributed by atoms with Crippen molar-refractivity contribution in [1.82, 2.24) is 0 Å². The largest absolute Gasteiger partial charge is 0.464 e. The van der Waals surface area contributed by atoms with Gasteiger partial charge in [0, 0.05) is 5.75 Å². The summed E-state index contributed by atoms with van der Waals surface area (Å²) in [6, 6.07) is 0. The molecule has 0 rings (SSSR count). The van der Waals surface area contributed by atoms with E-state index >= 15 is 0 Å². The number of carbonyl (C=O) groups excluding carboxylic acids is 1. The van der Waals surface area contributed by atoms with E-state index < -0.39 is 0 Å². The van der Waals surface area contributed by atoms with Crippen LogP contribution in [-0.4, -0.2) is 23.6 Å². The third-order valence-electron chi connectivity index (χ3n) is 2.44. The molecule has 0 aromatic rings. The minimum absolute atomic E-state index is 0.203. The fraction of sp³-hybridized carbons (Fsp3) is 0.917. The van der Waals surface area contributed by atoms with Crippen LogP contribution in [0.5, 0.6) is 0 Å². The lowest BCUT2D eigenvalue weighted by Crippen LogP contribution is -2.19. The Labute approximate surface area is 110 Å². The lowest BCUT2D eigenvalue weighted by molar-refractivity contribution is -0.142. The molecule has 4 heteroatoms. The van der Waals surface area contributed by atoms with Crippen molar-refractivity contribution in [3.8, 4) is 0 Å². The number of esters is 1. The maximum atomic E-state index is 11.3. The van der Waals surface area contributed by atoms with Crippen LogP contribution >= 0.6 is 25.3 Å². The zero-order valence-electron chi connectivity index (χ0n) is 10.2. The zero-order valence-corrected chi connectivity index (χ0v) is 11.9. The molecule has 1 unspecified atom stereocenters. The van der Waals surface area contributed by atoms with Crippen molar-refractivity contribution in [2.45, 2.75) is 57.1 Å². The van der Waals surface area contributed by atoms with Crippen LogP contribution in [0.25, 0.3) is 0 Å². The van der Waals surface area contributed by atoms with Crippen LogP contribution in [0.4, 0.5) is 0 Å². The number of carbonyl (C=O) groups is 1. The van der Waals surface area contributed by atoms with Crippen LogP contribution in [0.15, 0.2) is 0 Å². The van der Waals surface area contributed by atoms with E-state index in [0.29, 0.717) is 12.4 Å². The number of thiol groups is 2. The fourth-order valence-corrected chi connectivity index (χ4v) is 1.83. The van der Waals surface area contributed by atoms with E-state index in [4.69, 9.17) is 4.74 Å². The molecule has 0 spiro atoms. The molecule has 1 atom stereocenters. The number of hydrogen-bond acceptors (Lipinski definition) is 4. The molecule has 96 valence electrons. The summed E-state index contributed by atoms with van der Waals surface area (Å²) in [5, 5.41) is -0.258. The summed E-state index contributed by atoms with van der Waals surface area (Å²) >= 11 is 8.22. The Bertz CT molecular complexity index is 174. The highest BCUT2D eigenvalue weighted by molar-refractivity contribution is 7.81. The van der Waals surface area contributed by atoms with E-state index in [1.807, 2.05) is 0 Å². The van der Waals surface area contributed by atoms with Crippen molar-refractivity contribution in [2.24, 2.45) is 0 Å². The highest BCUT2D eigenvalue weighted by Crippen LogP contribution is 2.12. The normalized spacial score (nSPS) is 12.4. The lowest BCUT2D eigenvalue weighted by atomic mass is 10.1. The highest BCUT2D eigenvalue weighted by atomic mass is 32.1. The molecule has 0 heterocycles. The van der Waals surface area contributed by atoms with E-state index in [1.165, 1.54) is 32.1 Å². The summed E-state index contributed by atoms with van der Waals surface area (Å²) in [5.41, 5.74) is 0. The Hall–Kier alpha value is 0.170. The average Bonchev–Trinajstić information content (AvgIpc) is 2.30. The molecule has 0 aliphatic carbocycles. The van der Waals surface area contributed by atoms with Crippen LogP contribution in [0.1, 0.15) is 51.9 Å². The van der Waals surface area contributed by atoms with Gasteiger partial charge >= 0.3 is 5.97 Å². The fourth-order valence-electron chi connectivity index (χ4n) is 1.48. The Morgan fingerprint density at radius 2 is 1.81 bits per heavy atom. The van der Waals surface area contributed by atoms with Gasteiger partial charge in [-0.05, 0) is 6.42 Å². The van der Waals surface area contributed by atoms with Crippen LogP contribution in [0, 0.1) is 0 Å². The number of unbranched alkanes of at least 4 members (excludes halogenated alkanes) is 5. The third-order valence-corrected chi connectivity index (χ3v) is 3.09. The van der Waals surface area contributed by atoms with Crippen molar-refractivity contribution in [3.63, 3.8) is 0 Å². The number of rotatable bonds is 10. The first-order chi connectivity index (χ1) is 7.72. The molecule has 0 aromatic heterocycles. The zero-order chi connectivity index (χ0) is 12.2. The Balaban J connectivity index is 3.35. The molecule has 0 fully saturated rings. The van der Waals surface area contributed by atoms with Crippen LogP contribution in [-0.2, 0) is 9.53 Å².